The smallest absolute Gasteiger partial charge is 0.409 e. The number of nitrogens with zero attached hydrogens (tertiary/aromatic N) is 5. The second kappa shape index (κ2) is 8.75. The van der Waals surface area contributed by atoms with Gasteiger partial charge in [-0.1, -0.05) is 18.2 Å². The number of fused-ring (bicyclic) bond motifs is 1. The molecule has 164 valence electrons. The molecule has 0 bridgehead atoms. The molecule has 0 aliphatic carbocycles. The lowest BCUT2D eigenvalue weighted by Gasteiger charge is -2.33. The first-order valence-corrected chi connectivity index (χ1v) is 10.3. The lowest BCUT2D eigenvalue weighted by atomic mass is 10.1. The molecule has 10 heteroatoms. The molecule has 9 nitrogen and oxygen atoms in total. The Labute approximate surface area is 179 Å². The van der Waals surface area contributed by atoms with E-state index < -0.39 is 0 Å². The summed E-state index contributed by atoms with van der Waals surface area (Å²) in [5.74, 6) is -0.917. The van der Waals surface area contributed by atoms with Gasteiger partial charge in [0.2, 0.25) is 0 Å². The van der Waals surface area contributed by atoms with E-state index in [9.17, 15) is 18.8 Å². The van der Waals surface area contributed by atoms with Gasteiger partial charge >= 0.3 is 6.09 Å². The second-order valence-electron chi connectivity index (χ2n) is 7.43. The van der Waals surface area contributed by atoms with Gasteiger partial charge < -0.3 is 19.4 Å². The molecule has 2 aliphatic rings. The number of ether oxygens (including phenoxy) is 1. The number of aromatic nitrogens is 2. The number of benzene rings is 1. The molecule has 0 radical (unpaired) electrons. The predicted molar refractivity (Wildman–Crippen MR) is 108 cm³/mol. The highest BCUT2D eigenvalue weighted by Gasteiger charge is 2.31. The van der Waals surface area contributed by atoms with Crippen LogP contribution in [0.2, 0.25) is 0 Å². The highest BCUT2D eigenvalue weighted by molar-refractivity contribution is 5.98. The van der Waals surface area contributed by atoms with Crippen molar-refractivity contribution in [1.82, 2.24) is 24.5 Å². The summed E-state index contributed by atoms with van der Waals surface area (Å²) in [6, 6.07) is 7.85. The Morgan fingerprint density at radius 2 is 1.77 bits per heavy atom. The number of hydrogen-bond donors (Lipinski definition) is 0. The standard InChI is InChI=1S/C21H24FN5O4/c1-2-31-21(30)25-9-7-24(8-10-25)19(28)17-13-18-20(29)26(11-12-27(18)23-17)14-15-5-3-4-6-16(15)22/h3-6,13H,2,7-12,14H2,1H3. The fourth-order valence-electron chi connectivity index (χ4n) is 3.79. The molecule has 0 spiro atoms. The van der Waals surface area contributed by atoms with Crippen molar-refractivity contribution in [3.63, 3.8) is 0 Å². The minimum atomic E-state index is -0.382. The second-order valence-corrected chi connectivity index (χ2v) is 7.43. The Morgan fingerprint density at radius 3 is 2.48 bits per heavy atom. The van der Waals surface area contributed by atoms with Crippen LogP contribution in [-0.4, -0.2) is 81.7 Å². The molecule has 1 aromatic carbocycles. The van der Waals surface area contributed by atoms with E-state index in [0.29, 0.717) is 57.1 Å². The van der Waals surface area contributed by atoms with Crippen molar-refractivity contribution in [1.29, 1.82) is 0 Å². The van der Waals surface area contributed by atoms with E-state index >= 15 is 0 Å². The van der Waals surface area contributed by atoms with E-state index in [0.717, 1.165) is 0 Å². The molecule has 0 N–H and O–H groups in total. The maximum Gasteiger partial charge on any atom is 0.409 e. The van der Waals surface area contributed by atoms with Crippen LogP contribution in [0.25, 0.3) is 0 Å². The Bertz CT molecular complexity index is 999. The van der Waals surface area contributed by atoms with Crippen LogP contribution in [0.15, 0.2) is 30.3 Å². The van der Waals surface area contributed by atoms with E-state index in [2.05, 4.69) is 5.10 Å². The summed E-state index contributed by atoms with van der Waals surface area (Å²) in [4.78, 5) is 42.3. The zero-order valence-corrected chi connectivity index (χ0v) is 17.3. The van der Waals surface area contributed by atoms with Gasteiger partial charge in [-0.3, -0.25) is 14.3 Å². The minimum Gasteiger partial charge on any atom is -0.450 e. The molecule has 31 heavy (non-hydrogen) atoms. The Balaban J connectivity index is 1.42. The van der Waals surface area contributed by atoms with Crippen LogP contribution in [0.1, 0.15) is 33.5 Å². The van der Waals surface area contributed by atoms with Crippen molar-refractivity contribution in [2.24, 2.45) is 0 Å². The molecule has 4 rings (SSSR count). The van der Waals surface area contributed by atoms with Gasteiger partial charge in [-0.05, 0) is 13.0 Å². The molecule has 2 aliphatic heterocycles. The predicted octanol–water partition coefficient (Wildman–Crippen LogP) is 1.59. The Morgan fingerprint density at radius 1 is 1.06 bits per heavy atom. The van der Waals surface area contributed by atoms with Crippen molar-refractivity contribution >= 4 is 17.9 Å². The van der Waals surface area contributed by atoms with Crippen LogP contribution in [-0.2, 0) is 17.8 Å². The molecule has 0 atom stereocenters. The third kappa shape index (κ3) is 4.23. The molecule has 1 saturated heterocycles. The largest absolute Gasteiger partial charge is 0.450 e. The maximum absolute atomic E-state index is 14.0. The zero-order valence-electron chi connectivity index (χ0n) is 17.3. The highest BCUT2D eigenvalue weighted by atomic mass is 19.1. The average Bonchev–Trinajstić information content (AvgIpc) is 3.22. The summed E-state index contributed by atoms with van der Waals surface area (Å²) >= 11 is 0. The fraction of sp³-hybridized carbons (Fsp3) is 0.429. The number of amides is 3. The first-order chi connectivity index (χ1) is 15.0. The third-order valence-corrected chi connectivity index (χ3v) is 5.50. The van der Waals surface area contributed by atoms with E-state index in [1.54, 1.807) is 39.8 Å². The van der Waals surface area contributed by atoms with Crippen molar-refractivity contribution in [3.05, 3.63) is 53.1 Å². The summed E-state index contributed by atoms with van der Waals surface area (Å²) in [5.41, 5.74) is 0.955. The maximum atomic E-state index is 14.0. The molecule has 1 fully saturated rings. The number of halogens is 1. The summed E-state index contributed by atoms with van der Waals surface area (Å²) in [7, 11) is 0. The summed E-state index contributed by atoms with van der Waals surface area (Å²) < 4.78 is 20.5. The molecule has 0 saturated carbocycles. The first-order valence-electron chi connectivity index (χ1n) is 10.3. The van der Waals surface area contributed by atoms with Crippen LogP contribution in [0, 0.1) is 5.82 Å². The van der Waals surface area contributed by atoms with Gasteiger partial charge in [0.25, 0.3) is 11.8 Å². The van der Waals surface area contributed by atoms with Crippen LogP contribution < -0.4 is 0 Å². The Kier molecular flexibility index (Phi) is 5.88. The van der Waals surface area contributed by atoms with Gasteiger partial charge in [0.05, 0.1) is 13.2 Å². The van der Waals surface area contributed by atoms with Crippen molar-refractivity contribution in [2.75, 3.05) is 39.3 Å². The van der Waals surface area contributed by atoms with Crippen molar-refractivity contribution < 1.29 is 23.5 Å². The minimum absolute atomic E-state index is 0.162. The topological polar surface area (TPSA) is 88.0 Å². The monoisotopic (exact) mass is 429 g/mol. The average molecular weight is 429 g/mol. The number of carbonyl (C=O) groups excluding carboxylic acids is 3. The van der Waals surface area contributed by atoms with Gasteiger partial charge in [-0.15, -0.1) is 0 Å². The van der Waals surface area contributed by atoms with Gasteiger partial charge in [0.1, 0.15) is 11.5 Å². The molecule has 1 aromatic heterocycles. The SMILES string of the molecule is CCOC(=O)N1CCN(C(=O)c2cc3n(n2)CCN(Cc2ccccc2F)C3=O)CC1. The summed E-state index contributed by atoms with van der Waals surface area (Å²) in [6.45, 7) is 4.53. The Hall–Kier alpha value is -3.43. The number of carbonyl (C=O) groups is 3. The highest BCUT2D eigenvalue weighted by Crippen LogP contribution is 2.19. The lowest BCUT2D eigenvalue weighted by molar-refractivity contribution is 0.0564. The first kappa shape index (κ1) is 20.8. The number of piperazine rings is 1. The van der Waals surface area contributed by atoms with Crippen LogP contribution in [0.4, 0.5) is 9.18 Å². The lowest BCUT2D eigenvalue weighted by Crippen LogP contribution is -2.50. The van der Waals surface area contributed by atoms with Crippen molar-refractivity contribution in [3.8, 4) is 0 Å². The number of hydrogen-bond acceptors (Lipinski definition) is 5. The van der Waals surface area contributed by atoms with Gasteiger partial charge in [-0.25, -0.2) is 9.18 Å². The fourth-order valence-corrected chi connectivity index (χ4v) is 3.79. The van der Waals surface area contributed by atoms with Gasteiger partial charge in [0.15, 0.2) is 5.69 Å². The number of rotatable bonds is 4. The van der Waals surface area contributed by atoms with E-state index in [1.165, 1.54) is 16.8 Å². The third-order valence-electron chi connectivity index (χ3n) is 5.50. The van der Waals surface area contributed by atoms with E-state index in [1.807, 2.05) is 0 Å². The van der Waals surface area contributed by atoms with Gasteiger partial charge in [-0.2, -0.15) is 5.10 Å². The molecule has 3 heterocycles. The van der Waals surface area contributed by atoms with Gasteiger partial charge in [0, 0.05) is 50.9 Å². The van der Waals surface area contributed by atoms with Crippen LogP contribution in [0.5, 0.6) is 0 Å². The molecular weight excluding hydrogens is 405 g/mol. The quantitative estimate of drug-likeness (QED) is 0.737. The molecule has 3 amide bonds. The summed E-state index contributed by atoms with van der Waals surface area (Å²) in [6.07, 6.45) is -0.382. The van der Waals surface area contributed by atoms with E-state index in [-0.39, 0.29) is 36.0 Å². The van der Waals surface area contributed by atoms with Crippen LogP contribution >= 0.6 is 0 Å². The normalized spacial score (nSPS) is 16.3. The molecule has 0 unspecified atom stereocenters. The summed E-state index contributed by atoms with van der Waals surface area (Å²) in [5, 5.41) is 4.32. The van der Waals surface area contributed by atoms with Crippen molar-refractivity contribution in [2.45, 2.75) is 20.0 Å². The van der Waals surface area contributed by atoms with Crippen LogP contribution in [0.3, 0.4) is 0 Å². The molecule has 2 aromatic rings. The molecular formula is C21H24FN5O4. The van der Waals surface area contributed by atoms with E-state index in [4.69, 9.17) is 4.74 Å². The zero-order chi connectivity index (χ0) is 22.0.